The Morgan fingerprint density at radius 1 is 1.54 bits per heavy atom. The van der Waals surface area contributed by atoms with E-state index >= 15 is 0 Å². The molecule has 0 spiro atoms. The zero-order valence-corrected chi connectivity index (χ0v) is 14.8. The first-order valence-electron chi connectivity index (χ1n) is 7.51. The Balaban J connectivity index is 1.92. The fraction of sp³-hybridized carbons (Fsp3) is 0.692. The largest absolute Gasteiger partial charge is 0.354 e. The third-order valence-electron chi connectivity index (χ3n) is 4.01. The molecule has 1 aromatic heterocycles. The average Bonchev–Trinajstić information content (AvgIpc) is 2.96. The summed E-state index contributed by atoms with van der Waals surface area (Å²) >= 11 is 0. The van der Waals surface area contributed by atoms with E-state index < -0.39 is 19.5 Å². The first kappa shape index (κ1) is 18.2. The second kappa shape index (κ2) is 6.75. The molecule has 2 rings (SSSR count). The molecule has 1 aromatic rings. The summed E-state index contributed by atoms with van der Waals surface area (Å²) in [5.74, 6) is 0.700. The van der Waals surface area contributed by atoms with E-state index in [0.29, 0.717) is 32.1 Å². The van der Waals surface area contributed by atoms with E-state index in [1.54, 1.807) is 20.9 Å². The van der Waals surface area contributed by atoms with Gasteiger partial charge < -0.3 is 10.2 Å². The standard InChI is InChI=1S/C13H22N6O4S/c1-13(2)10-17(6-7-24(13,22)23)12(14-3)15-4-5-18-9-11(8-16-18)19(20)21/h8-9H,4-7,10H2,1-3H3,(H,14,15). The molecule has 1 aliphatic heterocycles. The zero-order valence-electron chi connectivity index (χ0n) is 14.0. The van der Waals surface area contributed by atoms with Crippen LogP contribution >= 0.6 is 0 Å². The van der Waals surface area contributed by atoms with Crippen molar-refractivity contribution in [3.8, 4) is 0 Å². The molecule has 0 atom stereocenters. The molecule has 0 bridgehead atoms. The lowest BCUT2D eigenvalue weighted by Gasteiger charge is -2.39. The maximum atomic E-state index is 12.1. The maximum absolute atomic E-state index is 12.1. The Kier molecular flexibility index (Phi) is 5.11. The molecule has 2 heterocycles. The highest BCUT2D eigenvalue weighted by Gasteiger charge is 2.40. The van der Waals surface area contributed by atoms with Crippen LogP contribution in [0.2, 0.25) is 0 Å². The van der Waals surface area contributed by atoms with Crippen molar-refractivity contribution in [1.82, 2.24) is 20.0 Å². The molecule has 1 N–H and O–H groups in total. The predicted octanol–water partition coefficient (Wildman–Crippen LogP) is -0.124. The van der Waals surface area contributed by atoms with Crippen molar-refractivity contribution >= 4 is 21.5 Å². The van der Waals surface area contributed by atoms with E-state index in [-0.39, 0.29) is 11.4 Å². The highest BCUT2D eigenvalue weighted by molar-refractivity contribution is 7.92. The zero-order chi connectivity index (χ0) is 18.0. The van der Waals surface area contributed by atoms with Crippen LogP contribution in [0, 0.1) is 10.1 Å². The minimum absolute atomic E-state index is 0.0534. The third kappa shape index (κ3) is 3.83. The van der Waals surface area contributed by atoms with Gasteiger partial charge in [0, 0.05) is 26.7 Å². The first-order chi connectivity index (χ1) is 11.2. The van der Waals surface area contributed by atoms with E-state index in [1.807, 2.05) is 4.90 Å². The van der Waals surface area contributed by atoms with Crippen LogP contribution in [0.5, 0.6) is 0 Å². The summed E-state index contributed by atoms with van der Waals surface area (Å²) in [5, 5.41) is 17.7. The van der Waals surface area contributed by atoms with Gasteiger partial charge in [0.25, 0.3) is 0 Å². The van der Waals surface area contributed by atoms with Crippen LogP contribution in [0.1, 0.15) is 13.8 Å². The Morgan fingerprint density at radius 2 is 2.25 bits per heavy atom. The van der Waals surface area contributed by atoms with Gasteiger partial charge in [0.05, 0.1) is 22.0 Å². The lowest BCUT2D eigenvalue weighted by molar-refractivity contribution is -0.385. The number of guanidine groups is 1. The van der Waals surface area contributed by atoms with Crippen molar-refractivity contribution in [2.24, 2.45) is 4.99 Å². The second-order valence-corrected chi connectivity index (χ2v) is 8.94. The van der Waals surface area contributed by atoms with Gasteiger partial charge in [-0.05, 0) is 13.8 Å². The molecule has 1 fully saturated rings. The monoisotopic (exact) mass is 358 g/mol. The number of aliphatic imine (C=N–C) groups is 1. The number of hydrogen-bond acceptors (Lipinski definition) is 6. The summed E-state index contributed by atoms with van der Waals surface area (Å²) in [6.45, 7) is 5.08. The minimum atomic E-state index is -3.11. The van der Waals surface area contributed by atoms with Crippen LogP contribution in [0.4, 0.5) is 5.69 Å². The predicted molar refractivity (Wildman–Crippen MR) is 89.7 cm³/mol. The van der Waals surface area contributed by atoms with Gasteiger partial charge in [0.1, 0.15) is 12.4 Å². The van der Waals surface area contributed by atoms with Gasteiger partial charge in [-0.3, -0.25) is 19.8 Å². The SMILES string of the molecule is CN=C(NCCn1cc([N+](=O)[O-])cn1)N1CCS(=O)(=O)C(C)(C)C1. The van der Waals surface area contributed by atoms with Gasteiger partial charge in [0.15, 0.2) is 15.8 Å². The Hall–Kier alpha value is -2.17. The molecule has 11 heteroatoms. The lowest BCUT2D eigenvalue weighted by atomic mass is 10.2. The maximum Gasteiger partial charge on any atom is 0.306 e. The first-order valence-corrected chi connectivity index (χ1v) is 9.16. The number of nitro groups is 1. The van der Waals surface area contributed by atoms with E-state index in [9.17, 15) is 18.5 Å². The summed E-state index contributed by atoms with van der Waals surface area (Å²) < 4.78 is 24.8. The molecule has 1 saturated heterocycles. The van der Waals surface area contributed by atoms with Gasteiger partial charge in [0.2, 0.25) is 0 Å². The van der Waals surface area contributed by atoms with Gasteiger partial charge >= 0.3 is 5.69 Å². The van der Waals surface area contributed by atoms with Crippen molar-refractivity contribution in [2.45, 2.75) is 25.1 Å². The summed E-state index contributed by atoms with van der Waals surface area (Å²) in [5.41, 5.74) is -0.0534. The quantitative estimate of drug-likeness (QED) is 0.344. The van der Waals surface area contributed by atoms with Gasteiger partial charge in [-0.25, -0.2) is 8.42 Å². The van der Waals surface area contributed by atoms with Crippen molar-refractivity contribution in [3.63, 3.8) is 0 Å². The van der Waals surface area contributed by atoms with Crippen LogP contribution in [0.25, 0.3) is 0 Å². The minimum Gasteiger partial charge on any atom is -0.354 e. The van der Waals surface area contributed by atoms with Crippen LogP contribution < -0.4 is 5.32 Å². The lowest BCUT2D eigenvalue weighted by Crippen LogP contribution is -2.57. The summed E-state index contributed by atoms with van der Waals surface area (Å²) in [6.07, 6.45) is 2.56. The topological polar surface area (TPSA) is 123 Å². The van der Waals surface area contributed by atoms with Crippen LogP contribution in [-0.4, -0.2) is 71.2 Å². The van der Waals surface area contributed by atoms with Crippen molar-refractivity contribution in [2.75, 3.05) is 32.4 Å². The smallest absolute Gasteiger partial charge is 0.306 e. The van der Waals surface area contributed by atoms with Crippen molar-refractivity contribution < 1.29 is 13.3 Å². The highest BCUT2D eigenvalue weighted by Crippen LogP contribution is 2.23. The second-order valence-electron chi connectivity index (χ2n) is 6.19. The number of nitrogens with one attached hydrogen (secondary N) is 1. The van der Waals surface area contributed by atoms with Gasteiger partial charge in [-0.15, -0.1) is 0 Å². The molecule has 0 unspecified atom stereocenters. The molecular formula is C13H22N6O4S. The summed E-state index contributed by atoms with van der Waals surface area (Å²) in [4.78, 5) is 16.2. The number of sulfone groups is 1. The fourth-order valence-corrected chi connectivity index (χ4v) is 3.87. The fourth-order valence-electron chi connectivity index (χ4n) is 2.51. The number of rotatable bonds is 4. The van der Waals surface area contributed by atoms with Crippen LogP contribution in [-0.2, 0) is 16.4 Å². The van der Waals surface area contributed by atoms with E-state index in [0.717, 1.165) is 0 Å². The number of nitrogens with zero attached hydrogens (tertiary/aromatic N) is 5. The molecule has 0 amide bonds. The summed E-state index contributed by atoms with van der Waals surface area (Å²) in [7, 11) is -1.47. The normalized spacial score (nSPS) is 20.0. The Morgan fingerprint density at radius 3 is 2.79 bits per heavy atom. The molecule has 1 aliphatic rings. The molecule has 0 radical (unpaired) electrons. The molecule has 10 nitrogen and oxygen atoms in total. The molecule has 0 aromatic carbocycles. The number of hydrogen-bond donors (Lipinski definition) is 1. The van der Waals surface area contributed by atoms with E-state index in [1.165, 1.54) is 17.1 Å². The Labute approximate surface area is 140 Å². The highest BCUT2D eigenvalue weighted by atomic mass is 32.2. The third-order valence-corrected chi connectivity index (χ3v) is 6.54. The molecular weight excluding hydrogens is 336 g/mol. The number of aromatic nitrogens is 2. The van der Waals surface area contributed by atoms with Gasteiger partial charge in [-0.1, -0.05) is 0 Å². The molecule has 0 aliphatic carbocycles. The van der Waals surface area contributed by atoms with Crippen molar-refractivity contribution in [1.29, 1.82) is 0 Å². The molecule has 134 valence electrons. The Bertz CT molecular complexity index is 739. The van der Waals surface area contributed by atoms with Gasteiger partial charge in [-0.2, -0.15) is 5.10 Å². The molecule has 24 heavy (non-hydrogen) atoms. The summed E-state index contributed by atoms with van der Waals surface area (Å²) in [6, 6.07) is 0. The van der Waals surface area contributed by atoms with Crippen molar-refractivity contribution in [3.05, 3.63) is 22.5 Å². The van der Waals surface area contributed by atoms with E-state index in [2.05, 4.69) is 15.4 Å². The van der Waals surface area contributed by atoms with Crippen LogP contribution in [0.15, 0.2) is 17.4 Å². The average molecular weight is 358 g/mol. The van der Waals surface area contributed by atoms with E-state index in [4.69, 9.17) is 0 Å². The van der Waals surface area contributed by atoms with Crippen LogP contribution in [0.3, 0.4) is 0 Å². The molecule has 0 saturated carbocycles.